The second-order valence-electron chi connectivity index (χ2n) is 7.02. The summed E-state index contributed by atoms with van der Waals surface area (Å²) >= 11 is 0. The van der Waals surface area contributed by atoms with E-state index in [-0.39, 0.29) is 0 Å². The molecule has 1 aliphatic heterocycles. The average molecular weight is 208 g/mol. The lowest BCUT2D eigenvalue weighted by molar-refractivity contribution is -0.0628. The second-order valence-corrected chi connectivity index (χ2v) is 7.02. The highest BCUT2D eigenvalue weighted by Gasteiger charge is 2.56. The fourth-order valence-corrected chi connectivity index (χ4v) is 4.84. The zero-order valence-electron chi connectivity index (χ0n) is 10.4. The Labute approximate surface area is 93.6 Å². The minimum Gasteiger partial charge on any atom is -0.378 e. The molecule has 0 aromatic heterocycles. The fraction of sp³-hybridized carbons (Fsp3) is 1.00. The van der Waals surface area contributed by atoms with Gasteiger partial charge in [0, 0.05) is 0 Å². The van der Waals surface area contributed by atoms with Gasteiger partial charge in [-0.2, -0.15) is 0 Å². The molecule has 0 amide bonds. The molecule has 2 bridgehead atoms. The lowest BCUT2D eigenvalue weighted by atomic mass is 9.49. The van der Waals surface area contributed by atoms with Gasteiger partial charge in [-0.25, -0.2) is 0 Å². The Morgan fingerprint density at radius 1 is 1.07 bits per heavy atom. The van der Waals surface area contributed by atoms with E-state index in [1.54, 1.807) is 0 Å². The van der Waals surface area contributed by atoms with Crippen molar-refractivity contribution in [1.29, 1.82) is 0 Å². The first-order valence-corrected chi connectivity index (χ1v) is 6.64. The molecule has 15 heavy (non-hydrogen) atoms. The highest BCUT2D eigenvalue weighted by molar-refractivity contribution is 5.05. The number of hydrogen-bond acceptors (Lipinski definition) is 1. The zero-order chi connectivity index (χ0) is 10.7. The van der Waals surface area contributed by atoms with Crippen molar-refractivity contribution in [3.8, 4) is 0 Å². The zero-order valence-corrected chi connectivity index (χ0v) is 10.4. The van der Waals surface area contributed by atoms with Gasteiger partial charge in [0.05, 0.1) is 12.7 Å². The maximum atomic E-state index is 5.93. The standard InChI is InChI=1S/C14H24O/c1-13(2)5-4-6-14(3)10-7-11(15-9-10)8-12(13)14/h10-12H,4-9H2,1-3H3/t10?,11?,12-,14+/m0/s1. The Morgan fingerprint density at radius 2 is 1.87 bits per heavy atom. The molecule has 3 fully saturated rings. The molecular formula is C14H24O. The van der Waals surface area contributed by atoms with Gasteiger partial charge in [0.25, 0.3) is 0 Å². The largest absolute Gasteiger partial charge is 0.378 e. The molecule has 1 heteroatoms. The van der Waals surface area contributed by atoms with E-state index in [0.717, 1.165) is 18.4 Å². The van der Waals surface area contributed by atoms with Crippen LogP contribution in [-0.2, 0) is 4.74 Å². The molecule has 1 saturated heterocycles. The van der Waals surface area contributed by atoms with Crippen LogP contribution >= 0.6 is 0 Å². The molecule has 1 heterocycles. The van der Waals surface area contributed by atoms with Crippen molar-refractivity contribution < 1.29 is 4.74 Å². The van der Waals surface area contributed by atoms with Crippen molar-refractivity contribution in [2.24, 2.45) is 22.7 Å². The van der Waals surface area contributed by atoms with Gasteiger partial charge in [0.2, 0.25) is 0 Å². The van der Waals surface area contributed by atoms with E-state index in [2.05, 4.69) is 20.8 Å². The molecule has 1 nitrogen and oxygen atoms in total. The number of hydrogen-bond donors (Lipinski definition) is 0. The van der Waals surface area contributed by atoms with E-state index in [0.29, 0.717) is 16.9 Å². The van der Waals surface area contributed by atoms with Crippen LogP contribution in [0.5, 0.6) is 0 Å². The quantitative estimate of drug-likeness (QED) is 0.590. The van der Waals surface area contributed by atoms with Gasteiger partial charge in [0.15, 0.2) is 0 Å². The van der Waals surface area contributed by atoms with Crippen molar-refractivity contribution in [2.75, 3.05) is 6.61 Å². The number of rotatable bonds is 0. The summed E-state index contributed by atoms with van der Waals surface area (Å²) in [5, 5.41) is 0. The molecule has 0 N–H and O–H groups in total. The highest BCUT2D eigenvalue weighted by Crippen LogP contribution is 2.61. The predicted octanol–water partition coefficient (Wildman–Crippen LogP) is 3.63. The summed E-state index contributed by atoms with van der Waals surface area (Å²) in [5.74, 6) is 1.77. The van der Waals surface area contributed by atoms with E-state index >= 15 is 0 Å². The molecule has 0 spiro atoms. The van der Waals surface area contributed by atoms with Crippen molar-refractivity contribution in [2.45, 2.75) is 59.0 Å². The van der Waals surface area contributed by atoms with E-state index < -0.39 is 0 Å². The minimum atomic E-state index is 0.553. The van der Waals surface area contributed by atoms with Crippen LogP contribution in [0.1, 0.15) is 52.9 Å². The summed E-state index contributed by atoms with van der Waals surface area (Å²) in [6.45, 7) is 8.57. The summed E-state index contributed by atoms with van der Waals surface area (Å²) in [7, 11) is 0. The van der Waals surface area contributed by atoms with Gasteiger partial charge in [0.1, 0.15) is 0 Å². The van der Waals surface area contributed by atoms with Gasteiger partial charge in [-0.1, -0.05) is 27.2 Å². The minimum absolute atomic E-state index is 0.553. The molecular weight excluding hydrogens is 184 g/mol. The van der Waals surface area contributed by atoms with Crippen LogP contribution < -0.4 is 0 Å². The second kappa shape index (κ2) is 3.00. The number of ether oxygens (including phenoxy) is 1. The first-order valence-electron chi connectivity index (χ1n) is 6.64. The third-order valence-corrected chi connectivity index (χ3v) is 5.79. The molecule has 4 atom stereocenters. The maximum Gasteiger partial charge on any atom is 0.0582 e. The van der Waals surface area contributed by atoms with Crippen molar-refractivity contribution in [1.82, 2.24) is 0 Å². The number of fused-ring (bicyclic) bond motifs is 4. The van der Waals surface area contributed by atoms with E-state index in [4.69, 9.17) is 4.74 Å². The van der Waals surface area contributed by atoms with Crippen molar-refractivity contribution >= 4 is 0 Å². The topological polar surface area (TPSA) is 9.23 Å². The predicted molar refractivity (Wildman–Crippen MR) is 61.7 cm³/mol. The molecule has 2 unspecified atom stereocenters. The molecule has 2 saturated carbocycles. The summed E-state index contributed by atoms with van der Waals surface area (Å²) in [5.41, 5.74) is 1.15. The Balaban J connectivity index is 1.96. The summed E-state index contributed by atoms with van der Waals surface area (Å²) in [6, 6.07) is 0. The molecule has 86 valence electrons. The molecule has 0 aromatic carbocycles. The normalized spacial score (nSPS) is 52.6. The van der Waals surface area contributed by atoms with Gasteiger partial charge >= 0.3 is 0 Å². The highest BCUT2D eigenvalue weighted by atomic mass is 16.5. The van der Waals surface area contributed by atoms with E-state index in [1.165, 1.54) is 32.1 Å². The Hall–Kier alpha value is -0.0400. The molecule has 0 aromatic rings. The van der Waals surface area contributed by atoms with E-state index in [1.807, 2.05) is 0 Å². The van der Waals surface area contributed by atoms with Crippen LogP contribution in [0.25, 0.3) is 0 Å². The molecule has 3 aliphatic rings. The lowest BCUT2D eigenvalue weighted by Crippen LogP contribution is -2.49. The van der Waals surface area contributed by atoms with Gasteiger partial charge in [-0.3, -0.25) is 0 Å². The van der Waals surface area contributed by atoms with E-state index in [9.17, 15) is 0 Å². The smallest absolute Gasteiger partial charge is 0.0582 e. The van der Waals surface area contributed by atoms with Crippen molar-refractivity contribution in [3.63, 3.8) is 0 Å². The monoisotopic (exact) mass is 208 g/mol. The van der Waals surface area contributed by atoms with Gasteiger partial charge < -0.3 is 4.74 Å². The first kappa shape index (κ1) is 10.1. The molecule has 3 rings (SSSR count). The SMILES string of the molecule is CC1(C)CCC[C@]2(C)C3COC(C3)C[C@@H]12. The lowest BCUT2D eigenvalue weighted by Gasteiger charge is -2.55. The van der Waals surface area contributed by atoms with Gasteiger partial charge in [-0.05, 0) is 48.3 Å². The van der Waals surface area contributed by atoms with Crippen LogP contribution in [0.3, 0.4) is 0 Å². The van der Waals surface area contributed by atoms with Crippen LogP contribution in [0, 0.1) is 22.7 Å². The summed E-state index contributed by atoms with van der Waals surface area (Å²) in [4.78, 5) is 0. The Kier molecular flexibility index (Phi) is 2.03. The van der Waals surface area contributed by atoms with Crippen LogP contribution in [0.2, 0.25) is 0 Å². The van der Waals surface area contributed by atoms with Crippen LogP contribution in [-0.4, -0.2) is 12.7 Å². The molecule has 2 aliphatic carbocycles. The van der Waals surface area contributed by atoms with Crippen molar-refractivity contribution in [3.05, 3.63) is 0 Å². The summed E-state index contributed by atoms with van der Waals surface area (Å²) in [6.07, 6.45) is 7.59. The van der Waals surface area contributed by atoms with Gasteiger partial charge in [-0.15, -0.1) is 0 Å². The third kappa shape index (κ3) is 1.32. The molecule has 0 radical (unpaired) electrons. The fourth-order valence-electron chi connectivity index (χ4n) is 4.84. The third-order valence-electron chi connectivity index (χ3n) is 5.79. The Bertz CT molecular complexity index is 271. The maximum absolute atomic E-state index is 5.93. The first-order chi connectivity index (χ1) is 7.02. The average Bonchev–Trinajstić information content (AvgIpc) is 2.55. The Morgan fingerprint density at radius 3 is 2.67 bits per heavy atom. The summed E-state index contributed by atoms with van der Waals surface area (Å²) < 4.78 is 5.93. The van der Waals surface area contributed by atoms with Crippen LogP contribution in [0.15, 0.2) is 0 Å². The van der Waals surface area contributed by atoms with Crippen LogP contribution in [0.4, 0.5) is 0 Å².